The van der Waals surface area contributed by atoms with Crippen molar-refractivity contribution >= 4 is 17.7 Å². The monoisotopic (exact) mass is 280 g/mol. The zero-order valence-electron chi connectivity index (χ0n) is 12.4. The molecule has 1 rings (SSSR count). The van der Waals surface area contributed by atoms with E-state index in [1.807, 2.05) is 0 Å². The second-order valence-electron chi connectivity index (χ2n) is 5.56. The molecular formula is C14H20N2O4. The number of ether oxygens (including phenoxy) is 1. The highest BCUT2D eigenvalue weighted by atomic mass is 16.6. The van der Waals surface area contributed by atoms with Gasteiger partial charge in [0, 0.05) is 25.8 Å². The summed E-state index contributed by atoms with van der Waals surface area (Å²) in [6, 6.07) is 4.28. The minimum atomic E-state index is -0.622. The Bertz CT molecular complexity index is 518. The van der Waals surface area contributed by atoms with Crippen LogP contribution in [-0.2, 0) is 4.74 Å². The van der Waals surface area contributed by atoms with Crippen molar-refractivity contribution < 1.29 is 19.4 Å². The predicted octanol–water partition coefficient (Wildman–Crippen LogP) is 2.44. The average molecular weight is 280 g/mol. The van der Waals surface area contributed by atoms with Crippen molar-refractivity contribution in [2.24, 2.45) is 0 Å². The number of nitrogens with zero attached hydrogens (tertiary/aromatic N) is 1. The van der Waals surface area contributed by atoms with Crippen LogP contribution in [0.4, 0.5) is 10.5 Å². The van der Waals surface area contributed by atoms with Gasteiger partial charge < -0.3 is 14.7 Å². The molecule has 0 atom stereocenters. The van der Waals surface area contributed by atoms with Gasteiger partial charge in [0.2, 0.25) is 0 Å². The second kappa shape index (κ2) is 5.81. The van der Waals surface area contributed by atoms with Gasteiger partial charge in [0.15, 0.2) is 0 Å². The highest BCUT2D eigenvalue weighted by molar-refractivity contribution is 5.97. The van der Waals surface area contributed by atoms with Crippen molar-refractivity contribution in [3.63, 3.8) is 0 Å². The van der Waals surface area contributed by atoms with Gasteiger partial charge in [0.05, 0.1) is 5.56 Å². The standard InChI is InChI=1S/C14H20N2O4/c1-14(2,3)20-13(19)15-9-6-7-10(11(17)8-9)12(18)16(4)5/h6-8,17H,1-5H3,(H,15,19). The van der Waals surface area contributed by atoms with Crippen LogP contribution in [0.2, 0.25) is 0 Å². The summed E-state index contributed by atoms with van der Waals surface area (Å²) >= 11 is 0. The second-order valence-corrected chi connectivity index (χ2v) is 5.56. The number of carbonyl (C=O) groups excluding carboxylic acids is 2. The summed E-state index contributed by atoms with van der Waals surface area (Å²) in [6.07, 6.45) is -0.622. The molecule has 0 fully saturated rings. The summed E-state index contributed by atoms with van der Waals surface area (Å²) in [5, 5.41) is 12.3. The van der Waals surface area contributed by atoms with Crippen molar-refractivity contribution in [1.29, 1.82) is 0 Å². The number of anilines is 1. The molecular weight excluding hydrogens is 260 g/mol. The quantitative estimate of drug-likeness (QED) is 0.872. The van der Waals surface area contributed by atoms with Crippen LogP contribution >= 0.6 is 0 Å². The first-order valence-corrected chi connectivity index (χ1v) is 6.15. The van der Waals surface area contributed by atoms with Crippen LogP contribution in [0.25, 0.3) is 0 Å². The number of phenols is 1. The van der Waals surface area contributed by atoms with Gasteiger partial charge in [-0.1, -0.05) is 0 Å². The van der Waals surface area contributed by atoms with E-state index in [2.05, 4.69) is 5.32 Å². The molecule has 2 N–H and O–H groups in total. The molecule has 20 heavy (non-hydrogen) atoms. The molecule has 2 amide bonds. The van der Waals surface area contributed by atoms with Crippen LogP contribution in [0.5, 0.6) is 5.75 Å². The van der Waals surface area contributed by atoms with E-state index in [-0.39, 0.29) is 17.2 Å². The predicted molar refractivity (Wildman–Crippen MR) is 76.0 cm³/mol. The fraction of sp³-hybridized carbons (Fsp3) is 0.429. The van der Waals surface area contributed by atoms with E-state index in [0.717, 1.165) is 0 Å². The number of benzene rings is 1. The molecule has 0 aliphatic carbocycles. The van der Waals surface area contributed by atoms with E-state index in [9.17, 15) is 14.7 Å². The summed E-state index contributed by atoms with van der Waals surface area (Å²) in [4.78, 5) is 24.7. The number of hydrogen-bond donors (Lipinski definition) is 2. The van der Waals surface area contributed by atoms with E-state index in [0.29, 0.717) is 5.69 Å². The number of carbonyl (C=O) groups is 2. The van der Waals surface area contributed by atoms with Crippen molar-refractivity contribution in [2.75, 3.05) is 19.4 Å². The summed E-state index contributed by atoms with van der Waals surface area (Å²) in [5.74, 6) is -0.511. The van der Waals surface area contributed by atoms with Crippen LogP contribution in [0.15, 0.2) is 18.2 Å². The molecule has 110 valence electrons. The molecule has 1 aromatic rings. The van der Waals surface area contributed by atoms with E-state index >= 15 is 0 Å². The zero-order chi connectivity index (χ0) is 15.5. The highest BCUT2D eigenvalue weighted by Crippen LogP contribution is 2.23. The third-order valence-corrected chi connectivity index (χ3v) is 2.28. The number of phenolic OH excluding ortho intramolecular Hbond substituents is 1. The normalized spacial score (nSPS) is 10.8. The SMILES string of the molecule is CN(C)C(=O)c1ccc(NC(=O)OC(C)(C)C)cc1O. The van der Waals surface area contributed by atoms with Gasteiger partial charge in [0.1, 0.15) is 11.4 Å². The van der Waals surface area contributed by atoms with E-state index in [1.165, 1.54) is 23.1 Å². The highest BCUT2D eigenvalue weighted by Gasteiger charge is 2.17. The third kappa shape index (κ3) is 4.46. The van der Waals surface area contributed by atoms with Crippen LogP contribution in [0.3, 0.4) is 0 Å². The molecule has 6 heteroatoms. The topological polar surface area (TPSA) is 78.9 Å². The Morgan fingerprint density at radius 3 is 2.30 bits per heavy atom. The van der Waals surface area contributed by atoms with Crippen LogP contribution in [0.1, 0.15) is 31.1 Å². The molecule has 0 aliphatic rings. The van der Waals surface area contributed by atoms with Crippen molar-refractivity contribution in [3.8, 4) is 5.75 Å². The number of rotatable bonds is 2. The van der Waals surface area contributed by atoms with Gasteiger partial charge in [-0.05, 0) is 32.9 Å². The van der Waals surface area contributed by atoms with E-state index < -0.39 is 11.7 Å². The maximum atomic E-state index is 11.7. The minimum absolute atomic E-state index is 0.171. The molecule has 6 nitrogen and oxygen atoms in total. The fourth-order valence-corrected chi connectivity index (χ4v) is 1.45. The third-order valence-electron chi connectivity index (χ3n) is 2.28. The summed E-state index contributed by atoms with van der Waals surface area (Å²) in [5.41, 5.74) is -0.0794. The van der Waals surface area contributed by atoms with E-state index in [1.54, 1.807) is 34.9 Å². The molecule has 1 aromatic carbocycles. The Kier molecular flexibility index (Phi) is 4.60. The molecule has 0 heterocycles. The maximum absolute atomic E-state index is 11.7. The van der Waals surface area contributed by atoms with E-state index in [4.69, 9.17) is 4.74 Å². The Morgan fingerprint density at radius 2 is 1.85 bits per heavy atom. The Morgan fingerprint density at radius 1 is 1.25 bits per heavy atom. The summed E-state index contributed by atoms with van der Waals surface area (Å²) < 4.78 is 5.09. The molecule has 0 saturated heterocycles. The number of nitrogens with one attached hydrogen (secondary N) is 1. The molecule has 0 aliphatic heterocycles. The number of aromatic hydroxyl groups is 1. The van der Waals surface area contributed by atoms with Crippen molar-refractivity contribution in [2.45, 2.75) is 26.4 Å². The zero-order valence-corrected chi connectivity index (χ0v) is 12.4. The van der Waals surface area contributed by atoms with Crippen LogP contribution < -0.4 is 5.32 Å². The largest absolute Gasteiger partial charge is 0.507 e. The smallest absolute Gasteiger partial charge is 0.412 e. The van der Waals surface area contributed by atoms with Gasteiger partial charge in [-0.3, -0.25) is 10.1 Å². The Labute approximate surface area is 118 Å². The maximum Gasteiger partial charge on any atom is 0.412 e. The molecule has 0 radical (unpaired) electrons. The Hall–Kier alpha value is -2.24. The minimum Gasteiger partial charge on any atom is -0.507 e. The number of hydrogen-bond acceptors (Lipinski definition) is 4. The lowest BCUT2D eigenvalue weighted by atomic mass is 10.1. The van der Waals surface area contributed by atoms with Crippen molar-refractivity contribution in [3.05, 3.63) is 23.8 Å². The first kappa shape index (κ1) is 15.8. The van der Waals surface area contributed by atoms with Crippen LogP contribution in [0, 0.1) is 0 Å². The van der Waals surface area contributed by atoms with Gasteiger partial charge in [-0.15, -0.1) is 0 Å². The Balaban J connectivity index is 2.83. The molecule has 0 bridgehead atoms. The van der Waals surface area contributed by atoms with Crippen LogP contribution in [-0.4, -0.2) is 41.7 Å². The van der Waals surface area contributed by atoms with Gasteiger partial charge >= 0.3 is 6.09 Å². The first-order valence-electron chi connectivity index (χ1n) is 6.15. The molecule has 0 spiro atoms. The lowest BCUT2D eigenvalue weighted by molar-refractivity contribution is 0.0635. The lowest BCUT2D eigenvalue weighted by Crippen LogP contribution is -2.27. The fourth-order valence-electron chi connectivity index (χ4n) is 1.45. The summed E-state index contributed by atoms with van der Waals surface area (Å²) in [6.45, 7) is 5.26. The molecule has 0 aromatic heterocycles. The average Bonchev–Trinajstić information content (AvgIpc) is 2.25. The molecule has 0 saturated carbocycles. The lowest BCUT2D eigenvalue weighted by Gasteiger charge is -2.20. The van der Waals surface area contributed by atoms with Gasteiger partial charge in [-0.25, -0.2) is 4.79 Å². The number of amides is 2. The molecule has 0 unspecified atom stereocenters. The van der Waals surface area contributed by atoms with Gasteiger partial charge in [0.25, 0.3) is 5.91 Å². The first-order chi connectivity index (χ1) is 9.10. The summed E-state index contributed by atoms with van der Waals surface area (Å²) in [7, 11) is 3.18. The van der Waals surface area contributed by atoms with Crippen molar-refractivity contribution in [1.82, 2.24) is 4.90 Å². The van der Waals surface area contributed by atoms with Gasteiger partial charge in [-0.2, -0.15) is 0 Å².